The van der Waals surface area contributed by atoms with E-state index in [0.717, 1.165) is 41.1 Å². The van der Waals surface area contributed by atoms with Crippen LogP contribution in [0.1, 0.15) is 54.0 Å². The lowest BCUT2D eigenvalue weighted by molar-refractivity contribution is 0.102. The molecule has 2 heterocycles. The Kier molecular flexibility index (Phi) is 6.67. The number of sulfonamides is 1. The van der Waals surface area contributed by atoms with Crippen molar-refractivity contribution in [2.24, 2.45) is 0 Å². The Morgan fingerprint density at radius 2 is 1.97 bits per heavy atom. The van der Waals surface area contributed by atoms with E-state index in [1.165, 1.54) is 33.3 Å². The highest BCUT2D eigenvalue weighted by molar-refractivity contribution is 7.89. The Hall–Kier alpha value is -2.97. The Morgan fingerprint density at radius 1 is 1.21 bits per heavy atom. The van der Waals surface area contributed by atoms with Gasteiger partial charge in [-0.3, -0.25) is 14.4 Å². The molecule has 1 aromatic heterocycles. The van der Waals surface area contributed by atoms with E-state index >= 15 is 0 Å². The average Bonchev–Trinajstić information content (AvgIpc) is 3.41. The second kappa shape index (κ2) is 9.49. The molecule has 0 atom stereocenters. The molecule has 8 heteroatoms. The summed E-state index contributed by atoms with van der Waals surface area (Å²) < 4.78 is 27.8. The highest BCUT2D eigenvalue weighted by Gasteiger charge is 2.32. The number of aromatic nitrogens is 1. The van der Waals surface area contributed by atoms with Gasteiger partial charge in [0, 0.05) is 17.0 Å². The number of nitrogens with one attached hydrogen (secondary N) is 1. The predicted octanol–water partition coefficient (Wildman–Crippen LogP) is 5.68. The van der Waals surface area contributed by atoms with Crippen molar-refractivity contribution >= 4 is 38.0 Å². The lowest BCUT2D eigenvalue weighted by Crippen LogP contribution is -2.27. The van der Waals surface area contributed by atoms with Gasteiger partial charge in [-0.25, -0.2) is 13.4 Å². The third kappa shape index (κ3) is 4.72. The lowest BCUT2D eigenvalue weighted by atomic mass is 10.0. The number of aryl methyl sites for hydroxylation is 1. The van der Waals surface area contributed by atoms with Crippen molar-refractivity contribution in [3.8, 4) is 0 Å². The third-order valence-electron chi connectivity index (χ3n) is 5.77. The summed E-state index contributed by atoms with van der Waals surface area (Å²) in [6.07, 6.45) is 12.5. The quantitative estimate of drug-likeness (QED) is 0.538. The molecule has 2 aromatic rings. The molecule has 33 heavy (non-hydrogen) atoms. The molecule has 4 rings (SSSR count). The van der Waals surface area contributed by atoms with E-state index in [-0.39, 0.29) is 10.8 Å². The van der Waals surface area contributed by atoms with Crippen LogP contribution in [0.3, 0.4) is 0 Å². The minimum Gasteiger partial charge on any atom is -0.298 e. The van der Waals surface area contributed by atoms with Crippen LogP contribution < -0.4 is 5.32 Å². The minimum absolute atomic E-state index is 0.184. The van der Waals surface area contributed by atoms with Gasteiger partial charge in [0.15, 0.2) is 5.13 Å². The standard InChI is InChI=1S/C25H27N3O3S2/c1-4-5-8-17(2)23-18(3)32-25(26-23)27-24(29)20-11-13-21(14-12-20)33(30,31)28-16-15-19-9-6-7-10-22(19)28/h4-5,7-8,10-14H,6,9,15-16H2,1-3H3,(H,26,27,29)/b5-4-,17-8+. The molecule has 6 nitrogen and oxygen atoms in total. The summed E-state index contributed by atoms with van der Waals surface area (Å²) in [6.45, 7) is 6.37. The molecule has 0 bridgehead atoms. The molecule has 0 radical (unpaired) electrons. The topological polar surface area (TPSA) is 79.4 Å². The van der Waals surface area contributed by atoms with Gasteiger partial charge in [0.25, 0.3) is 15.9 Å². The summed E-state index contributed by atoms with van der Waals surface area (Å²) in [5, 5.41) is 3.34. The predicted molar refractivity (Wildman–Crippen MR) is 134 cm³/mol. The van der Waals surface area contributed by atoms with Crippen molar-refractivity contribution in [2.45, 2.75) is 44.9 Å². The van der Waals surface area contributed by atoms with E-state index in [0.29, 0.717) is 17.2 Å². The molecule has 0 unspecified atom stereocenters. The van der Waals surface area contributed by atoms with Crippen LogP contribution in [0, 0.1) is 6.92 Å². The summed E-state index contributed by atoms with van der Waals surface area (Å²) in [5.74, 6) is -0.323. The van der Waals surface area contributed by atoms with E-state index in [2.05, 4.69) is 10.3 Å². The number of amides is 1. The van der Waals surface area contributed by atoms with Gasteiger partial charge in [0.1, 0.15) is 0 Å². The minimum atomic E-state index is -3.66. The van der Waals surface area contributed by atoms with Gasteiger partial charge in [-0.1, -0.05) is 24.3 Å². The number of benzene rings is 1. The summed E-state index contributed by atoms with van der Waals surface area (Å²) in [4.78, 5) is 18.5. The molecule has 1 N–H and O–H groups in total. The number of nitrogens with zero attached hydrogens (tertiary/aromatic N) is 2. The third-order valence-corrected chi connectivity index (χ3v) is 8.48. The largest absolute Gasteiger partial charge is 0.298 e. The zero-order valence-electron chi connectivity index (χ0n) is 19.0. The Labute approximate surface area is 199 Å². The maximum absolute atomic E-state index is 13.2. The second-order valence-corrected chi connectivity index (χ2v) is 11.1. The molecule has 0 saturated heterocycles. The highest BCUT2D eigenvalue weighted by atomic mass is 32.2. The van der Waals surface area contributed by atoms with E-state index in [4.69, 9.17) is 0 Å². The zero-order valence-corrected chi connectivity index (χ0v) is 20.6. The molecule has 0 spiro atoms. The number of thiazole rings is 1. The fourth-order valence-electron chi connectivity index (χ4n) is 4.03. The summed E-state index contributed by atoms with van der Waals surface area (Å²) in [6, 6.07) is 6.08. The monoisotopic (exact) mass is 481 g/mol. The molecule has 0 fully saturated rings. The SMILES string of the molecule is C/C=C\C=C(/C)c1nc(NC(=O)c2ccc(S(=O)(=O)N3CCC4=C3C=CCC4)cc2)sc1C. The van der Waals surface area contributed by atoms with Gasteiger partial charge in [0.05, 0.1) is 16.3 Å². The van der Waals surface area contributed by atoms with E-state index in [1.54, 1.807) is 12.1 Å². The van der Waals surface area contributed by atoms with E-state index in [1.807, 2.05) is 51.2 Å². The molecule has 1 aliphatic carbocycles. The normalized spacial score (nSPS) is 16.6. The van der Waals surface area contributed by atoms with Crippen LogP contribution >= 0.6 is 11.3 Å². The van der Waals surface area contributed by atoms with Crippen molar-refractivity contribution < 1.29 is 13.2 Å². The lowest BCUT2D eigenvalue weighted by Gasteiger charge is -2.22. The molecule has 0 saturated carbocycles. The molecule has 1 aliphatic heterocycles. The van der Waals surface area contributed by atoms with Crippen LogP contribution in [0.2, 0.25) is 0 Å². The number of hydrogen-bond donors (Lipinski definition) is 1. The van der Waals surface area contributed by atoms with Crippen LogP contribution in [0.15, 0.2) is 70.8 Å². The summed E-state index contributed by atoms with van der Waals surface area (Å²) in [5.41, 5.74) is 4.25. The van der Waals surface area contributed by atoms with Gasteiger partial charge in [-0.15, -0.1) is 11.3 Å². The van der Waals surface area contributed by atoms with Crippen molar-refractivity contribution in [3.05, 3.63) is 82.1 Å². The van der Waals surface area contributed by atoms with Crippen LogP contribution in [0.5, 0.6) is 0 Å². The fraction of sp³-hybridized carbons (Fsp3) is 0.280. The van der Waals surface area contributed by atoms with Crippen molar-refractivity contribution in [1.82, 2.24) is 9.29 Å². The van der Waals surface area contributed by atoms with Crippen molar-refractivity contribution in [1.29, 1.82) is 0 Å². The molecule has 2 aliphatic rings. The Bertz CT molecular complexity index is 1300. The molecular weight excluding hydrogens is 454 g/mol. The number of carbonyl (C=O) groups is 1. The van der Waals surface area contributed by atoms with Gasteiger partial charge in [-0.2, -0.15) is 0 Å². The molecule has 172 valence electrons. The number of hydrogen-bond acceptors (Lipinski definition) is 5. The number of anilines is 1. The zero-order chi connectivity index (χ0) is 23.6. The number of rotatable bonds is 6. The summed E-state index contributed by atoms with van der Waals surface area (Å²) in [7, 11) is -3.66. The first-order chi connectivity index (χ1) is 15.8. The smallest absolute Gasteiger partial charge is 0.264 e. The van der Waals surface area contributed by atoms with Crippen molar-refractivity contribution in [2.75, 3.05) is 11.9 Å². The van der Waals surface area contributed by atoms with Gasteiger partial charge in [0.2, 0.25) is 0 Å². The number of allylic oxidation sites excluding steroid dienone is 6. The molecule has 1 amide bonds. The molecule has 1 aromatic carbocycles. The first-order valence-electron chi connectivity index (χ1n) is 10.9. The first-order valence-corrected chi connectivity index (χ1v) is 13.2. The number of carbonyl (C=O) groups excluding carboxylic acids is 1. The van der Waals surface area contributed by atoms with Crippen LogP contribution in [-0.2, 0) is 10.0 Å². The second-order valence-electron chi connectivity index (χ2n) is 8.03. The molecular formula is C25H27N3O3S2. The Balaban J connectivity index is 1.49. The summed E-state index contributed by atoms with van der Waals surface area (Å²) >= 11 is 1.41. The van der Waals surface area contributed by atoms with Gasteiger partial charge < -0.3 is 0 Å². The first kappa shape index (κ1) is 23.2. The van der Waals surface area contributed by atoms with Crippen molar-refractivity contribution in [3.63, 3.8) is 0 Å². The average molecular weight is 482 g/mol. The van der Waals surface area contributed by atoms with Gasteiger partial charge in [-0.05, 0) is 81.5 Å². The van der Waals surface area contributed by atoms with E-state index in [9.17, 15) is 13.2 Å². The maximum atomic E-state index is 13.2. The van der Waals surface area contributed by atoms with Gasteiger partial charge >= 0.3 is 0 Å². The highest BCUT2D eigenvalue weighted by Crippen LogP contribution is 2.35. The van der Waals surface area contributed by atoms with Crippen LogP contribution in [0.25, 0.3) is 5.57 Å². The Morgan fingerprint density at radius 3 is 2.70 bits per heavy atom. The van der Waals surface area contributed by atoms with Crippen LogP contribution in [-0.4, -0.2) is 30.2 Å². The fourth-order valence-corrected chi connectivity index (χ4v) is 6.42. The maximum Gasteiger partial charge on any atom is 0.264 e. The van der Waals surface area contributed by atoms with E-state index < -0.39 is 10.0 Å². The van der Waals surface area contributed by atoms with Crippen LogP contribution in [0.4, 0.5) is 5.13 Å².